The van der Waals surface area contributed by atoms with Gasteiger partial charge in [-0.05, 0) is 37.5 Å². The van der Waals surface area contributed by atoms with Gasteiger partial charge in [0, 0.05) is 63.6 Å². The summed E-state index contributed by atoms with van der Waals surface area (Å²) in [5.41, 5.74) is 2.05. The SMILES string of the molecule is CC(C)c1cnn2c(NCC3CCN(C(=O)OC4CNC4)CC3)cc(NC3CCOCC3)nc12. The van der Waals surface area contributed by atoms with E-state index in [1.54, 1.807) is 0 Å². The van der Waals surface area contributed by atoms with Crippen molar-refractivity contribution in [3.8, 4) is 0 Å². The minimum absolute atomic E-state index is 0.0368. The van der Waals surface area contributed by atoms with E-state index in [4.69, 9.17) is 14.5 Å². The van der Waals surface area contributed by atoms with Crippen LogP contribution < -0.4 is 16.0 Å². The number of nitrogens with one attached hydrogen (secondary N) is 3. The lowest BCUT2D eigenvalue weighted by atomic mass is 9.97. The van der Waals surface area contributed by atoms with Crippen molar-refractivity contribution in [2.45, 2.75) is 57.6 Å². The summed E-state index contributed by atoms with van der Waals surface area (Å²) >= 11 is 0. The predicted molar refractivity (Wildman–Crippen MR) is 130 cm³/mol. The molecule has 3 fully saturated rings. The highest BCUT2D eigenvalue weighted by atomic mass is 16.6. The largest absolute Gasteiger partial charge is 0.443 e. The summed E-state index contributed by atoms with van der Waals surface area (Å²) in [6, 6.07) is 2.44. The number of hydrogen-bond acceptors (Lipinski definition) is 8. The van der Waals surface area contributed by atoms with E-state index < -0.39 is 0 Å². The number of aromatic nitrogens is 3. The minimum atomic E-state index is -0.171. The fraction of sp³-hybridized carbons (Fsp3) is 0.708. The zero-order chi connectivity index (χ0) is 23.5. The summed E-state index contributed by atoms with van der Waals surface area (Å²) in [6.07, 6.45) is 5.70. The normalized spacial score (nSPS) is 20.5. The molecule has 10 nitrogen and oxygen atoms in total. The van der Waals surface area contributed by atoms with E-state index in [1.165, 1.54) is 0 Å². The number of ether oxygens (including phenoxy) is 2. The Labute approximate surface area is 200 Å². The lowest BCUT2D eigenvalue weighted by Gasteiger charge is -2.34. The topological polar surface area (TPSA) is 105 Å². The van der Waals surface area contributed by atoms with Crippen LogP contribution >= 0.6 is 0 Å². The van der Waals surface area contributed by atoms with Crippen LogP contribution in [0.5, 0.6) is 0 Å². The van der Waals surface area contributed by atoms with Crippen LogP contribution in [0, 0.1) is 5.92 Å². The molecule has 0 radical (unpaired) electrons. The van der Waals surface area contributed by atoms with Gasteiger partial charge in [-0.2, -0.15) is 9.61 Å². The highest BCUT2D eigenvalue weighted by Crippen LogP contribution is 2.26. The fourth-order valence-electron chi connectivity index (χ4n) is 4.77. The molecule has 2 aromatic heterocycles. The molecular weight excluding hydrogens is 434 g/mol. The van der Waals surface area contributed by atoms with Crippen LogP contribution in [-0.4, -0.2) is 83.7 Å². The van der Waals surface area contributed by atoms with E-state index in [-0.39, 0.29) is 12.2 Å². The van der Waals surface area contributed by atoms with Crippen LogP contribution in [0.25, 0.3) is 5.65 Å². The van der Waals surface area contributed by atoms with Crippen LogP contribution in [0.3, 0.4) is 0 Å². The lowest BCUT2D eigenvalue weighted by Crippen LogP contribution is -2.52. The van der Waals surface area contributed by atoms with Gasteiger partial charge < -0.3 is 30.3 Å². The fourth-order valence-corrected chi connectivity index (χ4v) is 4.77. The molecule has 3 aliphatic rings. The molecule has 3 aliphatic heterocycles. The summed E-state index contributed by atoms with van der Waals surface area (Å²) in [5.74, 6) is 2.67. The average molecular weight is 472 g/mol. The minimum Gasteiger partial charge on any atom is -0.443 e. The maximum absolute atomic E-state index is 12.3. The standard InChI is InChI=1S/C24H37N7O3/c1-16(2)20-15-27-31-22(11-21(29-23(20)31)28-18-5-9-33-10-6-18)26-12-17-3-7-30(8-4-17)24(32)34-19-13-25-14-19/h11,15-19,25-26H,3-10,12-14H2,1-2H3,(H,28,29). The Balaban J connectivity index is 1.23. The highest BCUT2D eigenvalue weighted by molar-refractivity contribution is 5.68. The van der Waals surface area contributed by atoms with Gasteiger partial charge in [-0.3, -0.25) is 0 Å². The van der Waals surface area contributed by atoms with Crippen molar-refractivity contribution in [2.24, 2.45) is 5.92 Å². The molecule has 0 spiro atoms. The maximum Gasteiger partial charge on any atom is 0.410 e. The molecule has 0 aromatic carbocycles. The molecular formula is C24H37N7O3. The van der Waals surface area contributed by atoms with Crippen LogP contribution in [0.2, 0.25) is 0 Å². The van der Waals surface area contributed by atoms with Crippen molar-refractivity contribution in [3.05, 3.63) is 17.8 Å². The third kappa shape index (κ3) is 5.22. The van der Waals surface area contributed by atoms with Crippen LogP contribution in [0.4, 0.5) is 16.4 Å². The molecule has 186 valence electrons. The molecule has 0 aliphatic carbocycles. The van der Waals surface area contributed by atoms with Gasteiger partial charge in [-0.15, -0.1) is 0 Å². The van der Waals surface area contributed by atoms with E-state index in [0.29, 0.717) is 17.9 Å². The van der Waals surface area contributed by atoms with Gasteiger partial charge >= 0.3 is 6.09 Å². The zero-order valence-electron chi connectivity index (χ0n) is 20.3. The van der Waals surface area contributed by atoms with Crippen molar-refractivity contribution in [1.29, 1.82) is 0 Å². The van der Waals surface area contributed by atoms with Crippen molar-refractivity contribution >= 4 is 23.4 Å². The lowest BCUT2D eigenvalue weighted by molar-refractivity contribution is 0.0322. The van der Waals surface area contributed by atoms with Gasteiger partial charge in [0.2, 0.25) is 0 Å². The molecule has 0 atom stereocenters. The molecule has 0 saturated carbocycles. The smallest absolute Gasteiger partial charge is 0.410 e. The molecule has 10 heteroatoms. The second-order valence-electron chi connectivity index (χ2n) is 10.0. The first-order valence-corrected chi connectivity index (χ1v) is 12.7. The van der Waals surface area contributed by atoms with Crippen molar-refractivity contribution < 1.29 is 14.3 Å². The number of amides is 1. The first-order valence-electron chi connectivity index (χ1n) is 12.7. The van der Waals surface area contributed by atoms with Crippen molar-refractivity contribution in [2.75, 3.05) is 56.6 Å². The number of fused-ring (bicyclic) bond motifs is 1. The first-order chi connectivity index (χ1) is 16.6. The monoisotopic (exact) mass is 471 g/mol. The van der Waals surface area contributed by atoms with Crippen molar-refractivity contribution in [3.63, 3.8) is 0 Å². The number of carbonyl (C=O) groups is 1. The highest BCUT2D eigenvalue weighted by Gasteiger charge is 2.28. The molecule has 5 heterocycles. The summed E-state index contributed by atoms with van der Waals surface area (Å²) in [7, 11) is 0. The average Bonchev–Trinajstić information content (AvgIpc) is 3.25. The number of rotatable bonds is 7. The Kier molecular flexibility index (Phi) is 7.05. The molecule has 0 bridgehead atoms. The van der Waals surface area contributed by atoms with Gasteiger partial charge in [-0.1, -0.05) is 13.8 Å². The zero-order valence-corrected chi connectivity index (χ0v) is 20.3. The molecule has 2 aromatic rings. The molecule has 34 heavy (non-hydrogen) atoms. The van der Waals surface area contributed by atoms with Crippen LogP contribution in [0.15, 0.2) is 12.3 Å². The Morgan fingerprint density at radius 3 is 2.68 bits per heavy atom. The summed E-state index contributed by atoms with van der Waals surface area (Å²) in [4.78, 5) is 19.1. The molecule has 1 amide bonds. The second kappa shape index (κ2) is 10.4. The van der Waals surface area contributed by atoms with Gasteiger partial charge in [-0.25, -0.2) is 9.78 Å². The number of nitrogens with zero attached hydrogens (tertiary/aromatic N) is 4. The quantitative estimate of drug-likeness (QED) is 0.566. The summed E-state index contributed by atoms with van der Waals surface area (Å²) < 4.78 is 12.9. The van der Waals surface area contributed by atoms with Gasteiger partial charge in [0.25, 0.3) is 0 Å². The van der Waals surface area contributed by atoms with E-state index in [0.717, 1.165) is 94.5 Å². The van der Waals surface area contributed by atoms with Gasteiger partial charge in [0.15, 0.2) is 5.65 Å². The maximum atomic E-state index is 12.3. The molecule has 0 unspecified atom stereocenters. The molecule has 3 saturated heterocycles. The number of carbonyl (C=O) groups excluding carboxylic acids is 1. The van der Waals surface area contributed by atoms with Crippen molar-refractivity contribution in [1.82, 2.24) is 24.8 Å². The van der Waals surface area contributed by atoms with E-state index in [2.05, 4.69) is 41.0 Å². The molecule has 3 N–H and O–H groups in total. The van der Waals surface area contributed by atoms with Crippen LogP contribution in [0.1, 0.15) is 51.0 Å². The first kappa shape index (κ1) is 23.2. The summed E-state index contributed by atoms with van der Waals surface area (Å²) in [6.45, 7) is 9.78. The Bertz CT molecular complexity index is 976. The number of hydrogen-bond donors (Lipinski definition) is 3. The van der Waals surface area contributed by atoms with Gasteiger partial charge in [0.1, 0.15) is 17.7 Å². The third-order valence-electron chi connectivity index (χ3n) is 7.15. The Morgan fingerprint density at radius 2 is 2.00 bits per heavy atom. The van der Waals surface area contributed by atoms with E-state index in [1.807, 2.05) is 15.6 Å². The predicted octanol–water partition coefficient (Wildman–Crippen LogP) is 2.68. The second-order valence-corrected chi connectivity index (χ2v) is 10.0. The van der Waals surface area contributed by atoms with E-state index in [9.17, 15) is 4.79 Å². The number of piperidine rings is 1. The summed E-state index contributed by atoms with van der Waals surface area (Å²) in [5, 5.41) is 15.0. The number of likely N-dealkylation sites (tertiary alicyclic amines) is 1. The van der Waals surface area contributed by atoms with Crippen LogP contribution in [-0.2, 0) is 9.47 Å². The van der Waals surface area contributed by atoms with E-state index >= 15 is 0 Å². The Hall–Kier alpha value is -2.59. The molecule has 5 rings (SSSR count). The number of anilines is 2. The van der Waals surface area contributed by atoms with Gasteiger partial charge in [0.05, 0.1) is 6.20 Å². The third-order valence-corrected chi connectivity index (χ3v) is 7.15. The Morgan fingerprint density at radius 1 is 1.24 bits per heavy atom.